The summed E-state index contributed by atoms with van der Waals surface area (Å²) in [4.78, 5) is 11.0. The molecule has 0 saturated heterocycles. The molecule has 1 aromatic heterocycles. The Kier molecular flexibility index (Phi) is 3.28. The lowest BCUT2D eigenvalue weighted by molar-refractivity contribution is 1.13. The summed E-state index contributed by atoms with van der Waals surface area (Å²) in [6.07, 6.45) is 0. The summed E-state index contributed by atoms with van der Waals surface area (Å²) in [5.74, 6) is 0.652. The SMILES string of the molecule is CN(C)c1ccc(-c2nc(Cl)c3ccccc3n2)cc1. The van der Waals surface area contributed by atoms with E-state index in [1.807, 2.05) is 62.6 Å². The van der Waals surface area contributed by atoms with Gasteiger partial charge in [0.25, 0.3) is 0 Å². The van der Waals surface area contributed by atoms with Gasteiger partial charge in [0.1, 0.15) is 5.15 Å². The van der Waals surface area contributed by atoms with Crippen molar-refractivity contribution >= 4 is 28.2 Å². The van der Waals surface area contributed by atoms with E-state index in [9.17, 15) is 0 Å². The molecule has 0 bridgehead atoms. The Hall–Kier alpha value is -2.13. The molecule has 0 aliphatic rings. The maximum Gasteiger partial charge on any atom is 0.161 e. The minimum absolute atomic E-state index is 0.488. The van der Waals surface area contributed by atoms with Crippen LogP contribution in [0.25, 0.3) is 22.3 Å². The first-order valence-electron chi connectivity index (χ1n) is 6.35. The first-order chi connectivity index (χ1) is 9.65. The van der Waals surface area contributed by atoms with Crippen molar-refractivity contribution in [1.82, 2.24) is 9.97 Å². The molecule has 0 saturated carbocycles. The minimum atomic E-state index is 0.488. The quantitative estimate of drug-likeness (QED) is 0.665. The summed E-state index contributed by atoms with van der Waals surface area (Å²) in [7, 11) is 4.02. The number of halogens is 1. The third kappa shape index (κ3) is 2.32. The lowest BCUT2D eigenvalue weighted by atomic mass is 10.1. The van der Waals surface area contributed by atoms with Crippen molar-refractivity contribution in [3.63, 3.8) is 0 Å². The van der Waals surface area contributed by atoms with Crippen molar-refractivity contribution in [3.05, 3.63) is 53.7 Å². The van der Waals surface area contributed by atoms with Gasteiger partial charge < -0.3 is 4.90 Å². The van der Waals surface area contributed by atoms with Crippen LogP contribution in [0.1, 0.15) is 0 Å². The molecule has 3 aromatic rings. The maximum atomic E-state index is 6.23. The van der Waals surface area contributed by atoms with E-state index in [4.69, 9.17) is 11.6 Å². The van der Waals surface area contributed by atoms with Gasteiger partial charge in [-0.1, -0.05) is 23.7 Å². The van der Waals surface area contributed by atoms with Crippen LogP contribution in [-0.4, -0.2) is 24.1 Å². The van der Waals surface area contributed by atoms with Gasteiger partial charge in [0.15, 0.2) is 5.82 Å². The molecule has 0 amide bonds. The van der Waals surface area contributed by atoms with Crippen molar-refractivity contribution in [1.29, 1.82) is 0 Å². The van der Waals surface area contributed by atoms with Crippen LogP contribution in [0.15, 0.2) is 48.5 Å². The zero-order valence-corrected chi connectivity index (χ0v) is 12.1. The van der Waals surface area contributed by atoms with Gasteiger partial charge in [0, 0.05) is 30.7 Å². The van der Waals surface area contributed by atoms with Crippen molar-refractivity contribution in [3.8, 4) is 11.4 Å². The number of hydrogen-bond donors (Lipinski definition) is 0. The van der Waals surface area contributed by atoms with Crippen LogP contribution >= 0.6 is 11.6 Å². The third-order valence-electron chi connectivity index (χ3n) is 3.20. The van der Waals surface area contributed by atoms with Gasteiger partial charge in [-0.3, -0.25) is 0 Å². The maximum absolute atomic E-state index is 6.23. The van der Waals surface area contributed by atoms with Crippen LogP contribution in [0, 0.1) is 0 Å². The minimum Gasteiger partial charge on any atom is -0.378 e. The fraction of sp³-hybridized carbons (Fsp3) is 0.125. The molecule has 0 spiro atoms. The topological polar surface area (TPSA) is 29.0 Å². The van der Waals surface area contributed by atoms with Crippen LogP contribution in [-0.2, 0) is 0 Å². The van der Waals surface area contributed by atoms with E-state index in [0.717, 1.165) is 22.2 Å². The highest BCUT2D eigenvalue weighted by molar-refractivity contribution is 6.34. The smallest absolute Gasteiger partial charge is 0.161 e. The molecule has 4 heteroatoms. The standard InChI is InChI=1S/C16H14ClN3/c1-20(2)12-9-7-11(8-10-12)16-18-14-6-4-3-5-13(14)15(17)19-16/h3-10H,1-2H3. The summed E-state index contributed by atoms with van der Waals surface area (Å²) in [6.45, 7) is 0. The fourth-order valence-electron chi connectivity index (χ4n) is 2.08. The van der Waals surface area contributed by atoms with Crippen molar-refractivity contribution in [2.24, 2.45) is 0 Å². The largest absolute Gasteiger partial charge is 0.378 e. The predicted molar refractivity (Wildman–Crippen MR) is 84.3 cm³/mol. The van der Waals surface area contributed by atoms with E-state index in [-0.39, 0.29) is 0 Å². The number of para-hydroxylation sites is 1. The van der Waals surface area contributed by atoms with Gasteiger partial charge >= 0.3 is 0 Å². The molecular weight excluding hydrogens is 270 g/mol. The molecule has 0 atom stereocenters. The van der Waals surface area contributed by atoms with Crippen LogP contribution in [0.3, 0.4) is 0 Å². The summed E-state index contributed by atoms with van der Waals surface area (Å²) >= 11 is 6.23. The first kappa shape index (κ1) is 12.9. The summed E-state index contributed by atoms with van der Waals surface area (Å²) < 4.78 is 0. The van der Waals surface area contributed by atoms with Crippen molar-refractivity contribution < 1.29 is 0 Å². The highest BCUT2D eigenvalue weighted by atomic mass is 35.5. The molecule has 0 fully saturated rings. The molecule has 0 aliphatic carbocycles. The van der Waals surface area contributed by atoms with E-state index < -0.39 is 0 Å². The molecule has 2 aromatic carbocycles. The number of anilines is 1. The first-order valence-corrected chi connectivity index (χ1v) is 6.73. The molecular formula is C16H14ClN3. The van der Waals surface area contributed by atoms with Crippen molar-refractivity contribution in [2.75, 3.05) is 19.0 Å². The Morgan fingerprint density at radius 3 is 2.30 bits per heavy atom. The zero-order chi connectivity index (χ0) is 14.1. The third-order valence-corrected chi connectivity index (χ3v) is 3.49. The van der Waals surface area contributed by atoms with Gasteiger partial charge in [-0.25, -0.2) is 9.97 Å². The molecule has 0 N–H and O–H groups in total. The van der Waals surface area contributed by atoms with Crippen LogP contribution in [0.5, 0.6) is 0 Å². The second-order valence-corrected chi connectivity index (χ2v) is 5.15. The number of rotatable bonds is 2. The number of aromatic nitrogens is 2. The molecule has 20 heavy (non-hydrogen) atoms. The van der Waals surface area contributed by atoms with Gasteiger partial charge in [-0.05, 0) is 36.4 Å². The zero-order valence-electron chi connectivity index (χ0n) is 11.3. The second-order valence-electron chi connectivity index (χ2n) is 4.80. The lowest BCUT2D eigenvalue weighted by Crippen LogP contribution is -2.08. The molecule has 0 unspecified atom stereocenters. The average Bonchev–Trinajstić information content (AvgIpc) is 2.47. The molecule has 1 heterocycles. The van der Waals surface area contributed by atoms with Crippen LogP contribution in [0.2, 0.25) is 5.15 Å². The van der Waals surface area contributed by atoms with Gasteiger partial charge in [0.05, 0.1) is 5.52 Å². The average molecular weight is 284 g/mol. The second kappa shape index (κ2) is 5.10. The number of benzene rings is 2. The highest BCUT2D eigenvalue weighted by Crippen LogP contribution is 2.25. The van der Waals surface area contributed by atoms with Gasteiger partial charge in [-0.15, -0.1) is 0 Å². The molecule has 0 aliphatic heterocycles. The summed E-state index contributed by atoms with van der Waals surface area (Å²) in [5.41, 5.74) is 2.96. The van der Waals surface area contributed by atoms with E-state index in [1.165, 1.54) is 0 Å². The number of hydrogen-bond acceptors (Lipinski definition) is 3. The van der Waals surface area contributed by atoms with Crippen molar-refractivity contribution in [2.45, 2.75) is 0 Å². The normalized spacial score (nSPS) is 10.8. The Morgan fingerprint density at radius 1 is 0.900 bits per heavy atom. The molecule has 100 valence electrons. The van der Waals surface area contributed by atoms with E-state index in [2.05, 4.69) is 14.9 Å². The number of nitrogens with zero attached hydrogens (tertiary/aromatic N) is 3. The Bertz CT molecular complexity index is 751. The Morgan fingerprint density at radius 2 is 1.60 bits per heavy atom. The van der Waals surface area contributed by atoms with E-state index in [0.29, 0.717) is 11.0 Å². The molecule has 0 radical (unpaired) electrons. The highest BCUT2D eigenvalue weighted by Gasteiger charge is 2.07. The molecule has 3 nitrogen and oxygen atoms in total. The fourth-order valence-corrected chi connectivity index (χ4v) is 2.32. The van der Waals surface area contributed by atoms with E-state index in [1.54, 1.807) is 0 Å². The van der Waals surface area contributed by atoms with Crippen LogP contribution < -0.4 is 4.90 Å². The number of fused-ring (bicyclic) bond motifs is 1. The lowest BCUT2D eigenvalue weighted by Gasteiger charge is -2.12. The van der Waals surface area contributed by atoms with E-state index >= 15 is 0 Å². The summed E-state index contributed by atoms with van der Waals surface area (Å²) in [5, 5.41) is 1.37. The monoisotopic (exact) mass is 283 g/mol. The van der Waals surface area contributed by atoms with Gasteiger partial charge in [-0.2, -0.15) is 0 Å². The Labute approximate surface area is 122 Å². The van der Waals surface area contributed by atoms with Crippen LogP contribution in [0.4, 0.5) is 5.69 Å². The Balaban J connectivity index is 2.10. The summed E-state index contributed by atoms with van der Waals surface area (Å²) in [6, 6.07) is 15.9. The molecule has 3 rings (SSSR count). The predicted octanol–water partition coefficient (Wildman–Crippen LogP) is 4.02. The van der Waals surface area contributed by atoms with Gasteiger partial charge in [0.2, 0.25) is 0 Å².